The Bertz CT molecular complexity index is 826. The van der Waals surface area contributed by atoms with Crippen molar-refractivity contribution in [1.82, 2.24) is 0 Å². The number of nitrogens with one attached hydrogen (secondary N) is 1. The highest BCUT2D eigenvalue weighted by Crippen LogP contribution is 2.38. The van der Waals surface area contributed by atoms with Gasteiger partial charge >= 0.3 is 0 Å². The second-order valence-corrected chi connectivity index (χ2v) is 5.70. The number of benzene rings is 2. The molecule has 7 nitrogen and oxygen atoms in total. The van der Waals surface area contributed by atoms with Gasteiger partial charge in [0.05, 0.1) is 29.8 Å². The van der Waals surface area contributed by atoms with Crippen LogP contribution in [-0.2, 0) is 0 Å². The minimum Gasteiger partial charge on any atom is -0.490 e. The number of hydrogen-bond acceptors (Lipinski definition) is 5. The number of amides is 1. The van der Waals surface area contributed by atoms with Crippen LogP contribution < -0.4 is 14.8 Å². The fourth-order valence-electron chi connectivity index (χ4n) is 2.29. The fraction of sp³-hybridized carbons (Fsp3) is 0.316. The molecule has 0 spiro atoms. The lowest BCUT2D eigenvalue weighted by atomic mass is 10.1. The van der Waals surface area contributed by atoms with E-state index >= 15 is 0 Å². The van der Waals surface area contributed by atoms with E-state index in [0.29, 0.717) is 19.6 Å². The van der Waals surface area contributed by atoms with Crippen LogP contribution in [0.4, 0.5) is 15.8 Å². The van der Waals surface area contributed by atoms with E-state index in [-0.39, 0.29) is 28.4 Å². The van der Waals surface area contributed by atoms with Crippen molar-refractivity contribution >= 4 is 17.3 Å². The van der Waals surface area contributed by atoms with E-state index in [2.05, 4.69) is 5.32 Å². The van der Waals surface area contributed by atoms with Crippen LogP contribution in [0.5, 0.6) is 11.5 Å². The summed E-state index contributed by atoms with van der Waals surface area (Å²) in [5.74, 6) is -1.01. The first-order valence-corrected chi connectivity index (χ1v) is 8.61. The Labute approximate surface area is 156 Å². The summed E-state index contributed by atoms with van der Waals surface area (Å²) >= 11 is 0. The molecule has 0 fully saturated rings. The molecule has 0 heterocycles. The molecule has 27 heavy (non-hydrogen) atoms. The first-order chi connectivity index (χ1) is 13.0. The molecular weight excluding hydrogens is 355 g/mol. The van der Waals surface area contributed by atoms with Gasteiger partial charge < -0.3 is 14.8 Å². The summed E-state index contributed by atoms with van der Waals surface area (Å²) in [6.45, 7) is 4.56. The van der Waals surface area contributed by atoms with Crippen LogP contribution in [0, 0.1) is 15.9 Å². The Kier molecular flexibility index (Phi) is 7.10. The number of carbonyl (C=O) groups is 1. The minimum atomic E-state index is -0.792. The highest BCUT2D eigenvalue weighted by Gasteiger charge is 2.23. The number of hydrogen-bond donors (Lipinski definition) is 1. The minimum absolute atomic E-state index is 0.0943. The zero-order valence-corrected chi connectivity index (χ0v) is 15.2. The Hall–Kier alpha value is -3.16. The van der Waals surface area contributed by atoms with Crippen molar-refractivity contribution in [2.45, 2.75) is 26.7 Å². The van der Waals surface area contributed by atoms with Crippen molar-refractivity contribution in [3.05, 3.63) is 57.9 Å². The summed E-state index contributed by atoms with van der Waals surface area (Å²) in [5, 5.41) is 13.8. The maximum atomic E-state index is 13.8. The molecule has 0 aliphatic carbocycles. The summed E-state index contributed by atoms with van der Waals surface area (Å²) in [7, 11) is 0. The van der Waals surface area contributed by atoms with E-state index in [1.807, 2.05) is 13.8 Å². The summed E-state index contributed by atoms with van der Waals surface area (Å²) in [4.78, 5) is 23.1. The van der Waals surface area contributed by atoms with Crippen molar-refractivity contribution in [1.29, 1.82) is 0 Å². The molecule has 0 atom stereocenters. The van der Waals surface area contributed by atoms with Crippen LogP contribution in [0.25, 0.3) is 0 Å². The Morgan fingerprint density at radius 3 is 2.26 bits per heavy atom. The maximum Gasteiger partial charge on any atom is 0.296 e. The van der Waals surface area contributed by atoms with Gasteiger partial charge in [-0.2, -0.15) is 0 Å². The van der Waals surface area contributed by atoms with Gasteiger partial charge in [0.25, 0.3) is 11.6 Å². The van der Waals surface area contributed by atoms with Crippen LogP contribution in [0.2, 0.25) is 0 Å². The zero-order valence-electron chi connectivity index (χ0n) is 15.2. The van der Waals surface area contributed by atoms with Gasteiger partial charge in [-0.15, -0.1) is 0 Å². The normalized spacial score (nSPS) is 10.3. The Morgan fingerprint density at radius 2 is 1.70 bits per heavy atom. The van der Waals surface area contributed by atoms with Crippen molar-refractivity contribution in [2.75, 3.05) is 18.5 Å². The monoisotopic (exact) mass is 376 g/mol. The molecule has 0 unspecified atom stereocenters. The van der Waals surface area contributed by atoms with E-state index in [9.17, 15) is 19.3 Å². The van der Waals surface area contributed by atoms with E-state index in [4.69, 9.17) is 9.47 Å². The predicted molar refractivity (Wildman–Crippen MR) is 99.0 cm³/mol. The molecule has 8 heteroatoms. The van der Waals surface area contributed by atoms with E-state index in [0.717, 1.165) is 12.5 Å². The number of carbonyl (C=O) groups excluding carboxylic acids is 1. The largest absolute Gasteiger partial charge is 0.490 e. The lowest BCUT2D eigenvalue weighted by molar-refractivity contribution is -0.384. The number of nitro groups is 1. The topological polar surface area (TPSA) is 90.7 Å². The number of rotatable bonds is 9. The summed E-state index contributed by atoms with van der Waals surface area (Å²) < 4.78 is 24.9. The second kappa shape index (κ2) is 9.51. The van der Waals surface area contributed by atoms with Gasteiger partial charge in [0.2, 0.25) is 0 Å². The van der Waals surface area contributed by atoms with Crippen LogP contribution in [0.3, 0.4) is 0 Å². The molecular formula is C19H21FN2O5. The van der Waals surface area contributed by atoms with Crippen LogP contribution in [0.1, 0.15) is 37.0 Å². The van der Waals surface area contributed by atoms with E-state index in [1.165, 1.54) is 30.3 Å². The van der Waals surface area contributed by atoms with Gasteiger partial charge in [-0.05, 0) is 25.0 Å². The predicted octanol–water partition coefficient (Wildman–Crippen LogP) is 4.56. The quantitative estimate of drug-likeness (QED) is 0.512. The number of nitro benzene ring substituents is 1. The third-order valence-corrected chi connectivity index (χ3v) is 3.55. The van der Waals surface area contributed by atoms with E-state index in [1.54, 1.807) is 0 Å². The lowest BCUT2D eigenvalue weighted by Gasteiger charge is -2.14. The molecule has 1 amide bonds. The second-order valence-electron chi connectivity index (χ2n) is 5.70. The molecule has 0 aliphatic heterocycles. The SMILES string of the molecule is CCCOc1cc(NC(=O)c2ccccc2F)c([N+](=O)[O-])cc1OCCC. The molecule has 2 aromatic rings. The average Bonchev–Trinajstić information content (AvgIpc) is 2.65. The van der Waals surface area contributed by atoms with Crippen molar-refractivity contribution < 1.29 is 23.6 Å². The first-order valence-electron chi connectivity index (χ1n) is 8.61. The highest BCUT2D eigenvalue weighted by molar-refractivity contribution is 6.05. The number of nitrogens with zero attached hydrogens (tertiary/aromatic N) is 1. The standard InChI is InChI=1S/C19H21FN2O5/c1-3-9-26-17-11-15(16(22(24)25)12-18(17)27-10-4-2)21-19(23)13-7-5-6-8-14(13)20/h5-8,11-12H,3-4,9-10H2,1-2H3,(H,21,23). The molecule has 0 radical (unpaired) electrons. The highest BCUT2D eigenvalue weighted by atomic mass is 19.1. The Balaban J connectivity index is 2.42. The lowest BCUT2D eigenvalue weighted by Crippen LogP contribution is -2.15. The van der Waals surface area contributed by atoms with Crippen molar-refractivity contribution in [3.63, 3.8) is 0 Å². The first kappa shape index (κ1) is 20.2. The smallest absolute Gasteiger partial charge is 0.296 e. The van der Waals surface area contributed by atoms with Gasteiger partial charge in [-0.1, -0.05) is 26.0 Å². The zero-order chi connectivity index (χ0) is 19.8. The van der Waals surface area contributed by atoms with Gasteiger partial charge in [0, 0.05) is 6.07 Å². The molecule has 0 aromatic heterocycles. The molecule has 2 rings (SSSR count). The number of ether oxygens (including phenoxy) is 2. The number of halogens is 1. The third-order valence-electron chi connectivity index (χ3n) is 3.55. The maximum absolute atomic E-state index is 13.8. The number of anilines is 1. The van der Waals surface area contributed by atoms with Crippen molar-refractivity contribution in [2.24, 2.45) is 0 Å². The van der Waals surface area contributed by atoms with Crippen LogP contribution in [-0.4, -0.2) is 24.0 Å². The van der Waals surface area contributed by atoms with Gasteiger partial charge in [0.1, 0.15) is 11.5 Å². The van der Waals surface area contributed by atoms with Gasteiger partial charge in [0.15, 0.2) is 11.5 Å². The Morgan fingerprint density at radius 1 is 1.11 bits per heavy atom. The summed E-state index contributed by atoms with van der Waals surface area (Å²) in [6, 6.07) is 7.93. The molecule has 0 aliphatic rings. The summed E-state index contributed by atoms with van der Waals surface area (Å²) in [5.41, 5.74) is -0.674. The molecule has 0 saturated heterocycles. The third kappa shape index (κ3) is 5.16. The molecule has 0 saturated carbocycles. The molecule has 2 aromatic carbocycles. The van der Waals surface area contributed by atoms with Gasteiger partial charge in [-0.25, -0.2) is 4.39 Å². The average molecular weight is 376 g/mol. The summed E-state index contributed by atoms with van der Waals surface area (Å²) in [6.07, 6.45) is 1.44. The molecule has 1 N–H and O–H groups in total. The molecule has 144 valence electrons. The van der Waals surface area contributed by atoms with Gasteiger partial charge in [-0.3, -0.25) is 14.9 Å². The van der Waals surface area contributed by atoms with Crippen LogP contribution in [0.15, 0.2) is 36.4 Å². The fourth-order valence-corrected chi connectivity index (χ4v) is 2.29. The van der Waals surface area contributed by atoms with Crippen LogP contribution >= 0.6 is 0 Å². The van der Waals surface area contributed by atoms with Crippen molar-refractivity contribution in [3.8, 4) is 11.5 Å². The van der Waals surface area contributed by atoms with E-state index < -0.39 is 16.6 Å². The molecule has 0 bridgehead atoms.